The molecule has 23 atom stereocenters. The minimum Gasteiger partial charge on any atom is -0.394 e. The van der Waals surface area contributed by atoms with Crippen LogP contribution in [-0.2, 0) is 37.9 Å². The molecular formula is C46H74O16. The standard InChI is InChI=1S/C46H74O16/c1-22(2)16-23-17-44(7,54)37-24-8-9-29-42(5)13-11-30(41(3,4)28(42)10-14-43(29,6)45(24)20-46(37,62-23)56-21-45)60-40-36(61-39-34(52)32(50)27(19-48)59-39)25(12-15-55-40)57-38-35(53)33(51)31(49)26(18-47)58-38/h16,23-40,47-54H,8-15,17-21H2,1-7H3/t23-,24+,25-,26+,27-,28?,29?,30-,31+,32-,33-,34+,35+,36+,37?,38?,39?,40?,42-,43+,44?,45-,46-/m0/s1. The summed E-state index contributed by atoms with van der Waals surface area (Å²) >= 11 is 0. The molecule has 8 N–H and O–H groups in total. The number of rotatable bonds is 9. The summed E-state index contributed by atoms with van der Waals surface area (Å²) in [6.07, 6.45) is -7.11. The van der Waals surface area contributed by atoms with Gasteiger partial charge in [-0.05, 0) is 99.7 Å². The molecule has 5 aliphatic heterocycles. The van der Waals surface area contributed by atoms with Crippen molar-refractivity contribution in [2.24, 2.45) is 45.3 Å². The molecule has 0 amide bonds. The first-order valence-corrected chi connectivity index (χ1v) is 23.4. The average molecular weight is 883 g/mol. The molecule has 16 nitrogen and oxygen atoms in total. The highest BCUT2D eigenvalue weighted by Crippen LogP contribution is 2.80. The zero-order chi connectivity index (χ0) is 44.5. The van der Waals surface area contributed by atoms with Crippen molar-refractivity contribution in [2.45, 2.75) is 204 Å². The SMILES string of the molecule is CC(C)=C[C@H]1CC(C)(O)C2[C@H]3CCC4[C@@]5(C)CC[C@H](OC6OCC[C@H](OC7O[C@H](CO)[C@@H](O)[C@H](O)[C@H]7O)[C@H]6OC6O[C@@H](CO)[C@H](O)[C@H]6O)C(C)(C)C5CC[C@@]4(C)[C@@]34CO[C@@]2(C4)O1. The zero-order valence-electron chi connectivity index (χ0n) is 37.5. The van der Waals surface area contributed by atoms with Gasteiger partial charge in [0.1, 0.15) is 48.8 Å². The number of allylic oxidation sites excluding steroid dienone is 1. The lowest BCUT2D eigenvalue weighted by Gasteiger charge is -2.70. The van der Waals surface area contributed by atoms with Crippen LogP contribution in [0.4, 0.5) is 0 Å². The normalized spacial score (nSPS) is 56.7. The smallest absolute Gasteiger partial charge is 0.187 e. The molecule has 5 heterocycles. The van der Waals surface area contributed by atoms with Crippen LogP contribution >= 0.6 is 0 Å². The van der Waals surface area contributed by atoms with E-state index in [-0.39, 0.29) is 58.7 Å². The van der Waals surface area contributed by atoms with E-state index in [1.165, 1.54) is 5.57 Å². The molecule has 4 saturated carbocycles. The van der Waals surface area contributed by atoms with Gasteiger partial charge in [0.15, 0.2) is 24.7 Å². The highest BCUT2D eigenvalue weighted by Gasteiger charge is 2.81. The Labute approximate surface area is 365 Å². The molecule has 0 aromatic carbocycles. The van der Waals surface area contributed by atoms with Crippen LogP contribution in [0, 0.1) is 45.3 Å². The second-order valence-corrected chi connectivity index (χ2v) is 22.3. The fourth-order valence-corrected chi connectivity index (χ4v) is 15.6. The van der Waals surface area contributed by atoms with E-state index >= 15 is 0 Å². The lowest BCUT2D eigenvalue weighted by Crippen LogP contribution is -2.67. The number of ether oxygens (including phenoxy) is 8. The molecule has 9 aliphatic rings. The number of fused-ring (bicyclic) bond motifs is 4. The van der Waals surface area contributed by atoms with Crippen LogP contribution in [-0.4, -0.2) is 165 Å². The molecule has 0 aromatic rings. The van der Waals surface area contributed by atoms with Crippen molar-refractivity contribution >= 4 is 0 Å². The number of hydrogen-bond donors (Lipinski definition) is 8. The van der Waals surface area contributed by atoms with Crippen LogP contribution in [0.15, 0.2) is 11.6 Å². The molecule has 9 fully saturated rings. The molecule has 16 heteroatoms. The van der Waals surface area contributed by atoms with Gasteiger partial charge in [-0.25, -0.2) is 0 Å². The molecule has 0 aromatic heterocycles. The monoisotopic (exact) mass is 882 g/mol. The summed E-state index contributed by atoms with van der Waals surface area (Å²) in [5, 5.41) is 85.3. The average Bonchev–Trinajstić information content (AvgIpc) is 3.82. The summed E-state index contributed by atoms with van der Waals surface area (Å²) in [6, 6.07) is 0. The summed E-state index contributed by atoms with van der Waals surface area (Å²) in [4.78, 5) is 0. The largest absolute Gasteiger partial charge is 0.394 e. The Bertz CT molecular complexity index is 1670. The third kappa shape index (κ3) is 6.89. The summed E-state index contributed by atoms with van der Waals surface area (Å²) in [5.41, 5.74) is -0.249. The molecule has 9 rings (SSSR count). The first kappa shape index (κ1) is 46.2. The second-order valence-electron chi connectivity index (χ2n) is 22.3. The zero-order valence-corrected chi connectivity index (χ0v) is 37.5. The molecule has 2 bridgehead atoms. The molecule has 5 saturated heterocycles. The maximum absolute atomic E-state index is 12.2. The van der Waals surface area contributed by atoms with Gasteiger partial charge in [0.05, 0.1) is 50.3 Å². The van der Waals surface area contributed by atoms with Crippen molar-refractivity contribution in [1.82, 2.24) is 0 Å². The van der Waals surface area contributed by atoms with Crippen molar-refractivity contribution in [2.75, 3.05) is 26.4 Å². The fourth-order valence-electron chi connectivity index (χ4n) is 15.6. The molecule has 2 spiro atoms. The van der Waals surface area contributed by atoms with Crippen molar-refractivity contribution in [3.05, 3.63) is 11.6 Å². The van der Waals surface area contributed by atoms with Gasteiger partial charge < -0.3 is 78.7 Å². The molecule has 4 aliphatic carbocycles. The van der Waals surface area contributed by atoms with Gasteiger partial charge in [0, 0.05) is 24.2 Å². The third-order valence-corrected chi connectivity index (χ3v) is 18.3. The van der Waals surface area contributed by atoms with Gasteiger partial charge in [0.2, 0.25) is 0 Å². The maximum Gasteiger partial charge on any atom is 0.187 e. The van der Waals surface area contributed by atoms with E-state index < -0.39 is 98.4 Å². The quantitative estimate of drug-likeness (QED) is 0.121. The van der Waals surface area contributed by atoms with Crippen LogP contribution in [0.2, 0.25) is 0 Å². The van der Waals surface area contributed by atoms with E-state index in [0.717, 1.165) is 44.9 Å². The Balaban J connectivity index is 0.958. The Morgan fingerprint density at radius 3 is 2.06 bits per heavy atom. The van der Waals surface area contributed by atoms with Crippen LogP contribution in [0.25, 0.3) is 0 Å². The van der Waals surface area contributed by atoms with E-state index in [4.69, 9.17) is 37.9 Å². The molecule has 0 radical (unpaired) electrons. The van der Waals surface area contributed by atoms with Gasteiger partial charge in [-0.15, -0.1) is 0 Å². The van der Waals surface area contributed by atoms with E-state index in [0.29, 0.717) is 24.9 Å². The maximum atomic E-state index is 12.2. The first-order chi connectivity index (χ1) is 29.2. The predicted molar refractivity (Wildman–Crippen MR) is 217 cm³/mol. The lowest BCUT2D eigenvalue weighted by molar-refractivity contribution is -0.362. The fraction of sp³-hybridized carbons (Fsp3) is 0.957. The summed E-state index contributed by atoms with van der Waals surface area (Å²) < 4.78 is 51.3. The Morgan fingerprint density at radius 1 is 0.726 bits per heavy atom. The first-order valence-electron chi connectivity index (χ1n) is 23.4. The minimum atomic E-state index is -1.67. The van der Waals surface area contributed by atoms with Crippen molar-refractivity contribution < 1.29 is 78.7 Å². The predicted octanol–water partition coefficient (Wildman–Crippen LogP) is 1.64. The van der Waals surface area contributed by atoms with Gasteiger partial charge in [-0.3, -0.25) is 0 Å². The topological polar surface area (TPSA) is 236 Å². The van der Waals surface area contributed by atoms with Gasteiger partial charge in [-0.2, -0.15) is 0 Å². The summed E-state index contributed by atoms with van der Waals surface area (Å²) in [5.74, 6) is 0.131. The molecule has 354 valence electrons. The Kier molecular flexibility index (Phi) is 12.0. The summed E-state index contributed by atoms with van der Waals surface area (Å²) in [6.45, 7) is 15.4. The summed E-state index contributed by atoms with van der Waals surface area (Å²) in [7, 11) is 0. The van der Waals surface area contributed by atoms with Gasteiger partial charge in [-0.1, -0.05) is 39.3 Å². The highest BCUT2D eigenvalue weighted by molar-refractivity contribution is 5.26. The highest BCUT2D eigenvalue weighted by atomic mass is 16.8. The van der Waals surface area contributed by atoms with E-state index in [9.17, 15) is 40.9 Å². The van der Waals surface area contributed by atoms with Crippen LogP contribution in [0.1, 0.15) is 106 Å². The van der Waals surface area contributed by atoms with E-state index in [1.54, 1.807) is 0 Å². The lowest BCUT2D eigenvalue weighted by atomic mass is 9.35. The van der Waals surface area contributed by atoms with Crippen molar-refractivity contribution in [3.8, 4) is 0 Å². The number of hydrogen-bond acceptors (Lipinski definition) is 16. The van der Waals surface area contributed by atoms with Crippen LogP contribution in [0.3, 0.4) is 0 Å². The third-order valence-electron chi connectivity index (χ3n) is 18.3. The molecule has 62 heavy (non-hydrogen) atoms. The van der Waals surface area contributed by atoms with Crippen molar-refractivity contribution in [1.29, 1.82) is 0 Å². The molecule has 7 unspecified atom stereocenters. The number of aliphatic hydroxyl groups excluding tert-OH is 7. The van der Waals surface area contributed by atoms with Crippen LogP contribution in [0.5, 0.6) is 0 Å². The molecular weight excluding hydrogens is 808 g/mol. The number of aliphatic hydroxyl groups is 8. The van der Waals surface area contributed by atoms with Gasteiger partial charge in [0.25, 0.3) is 0 Å². The van der Waals surface area contributed by atoms with Crippen molar-refractivity contribution in [3.63, 3.8) is 0 Å². The minimum absolute atomic E-state index is 0.0249. The second kappa shape index (κ2) is 16.1. The van der Waals surface area contributed by atoms with Crippen LogP contribution < -0.4 is 0 Å². The van der Waals surface area contributed by atoms with Gasteiger partial charge >= 0.3 is 0 Å². The van der Waals surface area contributed by atoms with E-state index in [1.807, 2.05) is 6.92 Å². The Morgan fingerprint density at radius 2 is 1.39 bits per heavy atom. The Hall–Kier alpha value is -0.900. The van der Waals surface area contributed by atoms with E-state index in [2.05, 4.69) is 47.6 Å².